The molecule has 2 nitrogen and oxygen atoms in total. The van der Waals surface area contributed by atoms with Crippen molar-refractivity contribution in [1.29, 1.82) is 0 Å². The van der Waals surface area contributed by atoms with Crippen LogP contribution in [0.3, 0.4) is 0 Å². The zero-order chi connectivity index (χ0) is 13.2. The van der Waals surface area contributed by atoms with E-state index in [-0.39, 0.29) is 6.42 Å². The number of carbonyl (C=O) groups excluding carboxylic acids is 1. The molecule has 0 spiro atoms. The molecule has 1 aromatic carbocycles. The predicted octanol–water partition coefficient (Wildman–Crippen LogP) is 3.26. The Bertz CT molecular complexity index is 434. The number of hydrogen-bond donors (Lipinski definition) is 1. The second kappa shape index (κ2) is 5.39. The van der Waals surface area contributed by atoms with Gasteiger partial charge in [0.15, 0.2) is 0 Å². The molecule has 94 valence electrons. The molecule has 0 aliphatic carbocycles. The SMILES string of the molecule is NC(=O)C(Br)Cc1cc(C(F)(F)F)ccc1Br. The fourth-order valence-electron chi connectivity index (χ4n) is 1.20. The average Bonchev–Trinajstić information content (AvgIpc) is 2.19. The van der Waals surface area contributed by atoms with Crippen LogP contribution in [0.5, 0.6) is 0 Å². The van der Waals surface area contributed by atoms with Gasteiger partial charge in [-0.25, -0.2) is 0 Å². The summed E-state index contributed by atoms with van der Waals surface area (Å²) in [6.07, 6.45) is -4.30. The highest BCUT2D eigenvalue weighted by Crippen LogP contribution is 2.32. The fraction of sp³-hybridized carbons (Fsp3) is 0.300. The Morgan fingerprint density at radius 1 is 1.41 bits per heavy atom. The van der Waals surface area contributed by atoms with Crippen LogP contribution in [-0.4, -0.2) is 10.7 Å². The average molecular weight is 375 g/mol. The molecule has 0 saturated heterocycles. The van der Waals surface area contributed by atoms with Crippen LogP contribution in [0.4, 0.5) is 13.2 Å². The summed E-state index contributed by atoms with van der Waals surface area (Å²) in [6, 6.07) is 3.28. The van der Waals surface area contributed by atoms with Crippen LogP contribution >= 0.6 is 31.9 Å². The molecular weight excluding hydrogens is 367 g/mol. The smallest absolute Gasteiger partial charge is 0.369 e. The van der Waals surface area contributed by atoms with Crippen LogP contribution in [0, 0.1) is 0 Å². The molecule has 0 radical (unpaired) electrons. The Hall–Kier alpha value is -0.560. The van der Waals surface area contributed by atoms with Gasteiger partial charge in [0.25, 0.3) is 0 Å². The summed E-state index contributed by atoms with van der Waals surface area (Å²) in [5, 5.41) is 0. The van der Waals surface area contributed by atoms with Gasteiger partial charge in [-0.3, -0.25) is 4.79 Å². The number of halogens is 5. The molecule has 0 aliphatic heterocycles. The first-order valence-corrected chi connectivity index (χ1v) is 6.21. The normalized spacial score (nSPS) is 13.5. The van der Waals surface area contributed by atoms with E-state index in [2.05, 4.69) is 31.9 Å². The Balaban J connectivity index is 3.03. The molecule has 1 atom stereocenters. The van der Waals surface area contributed by atoms with Crippen LogP contribution < -0.4 is 5.73 Å². The minimum Gasteiger partial charge on any atom is -0.369 e. The summed E-state index contributed by atoms with van der Waals surface area (Å²) in [4.78, 5) is 10.1. The highest BCUT2D eigenvalue weighted by molar-refractivity contribution is 9.10. The van der Waals surface area contributed by atoms with Crippen LogP contribution in [0.25, 0.3) is 0 Å². The zero-order valence-corrected chi connectivity index (χ0v) is 11.6. The molecule has 1 aromatic rings. The van der Waals surface area contributed by atoms with Gasteiger partial charge in [0.2, 0.25) is 5.91 Å². The number of rotatable bonds is 3. The van der Waals surface area contributed by atoms with E-state index in [1.165, 1.54) is 6.07 Å². The Morgan fingerprint density at radius 2 is 2.00 bits per heavy atom. The number of amides is 1. The van der Waals surface area contributed by atoms with E-state index in [0.29, 0.717) is 10.0 Å². The van der Waals surface area contributed by atoms with E-state index < -0.39 is 22.5 Å². The second-order valence-electron chi connectivity index (χ2n) is 3.38. The quantitative estimate of drug-likeness (QED) is 0.811. The van der Waals surface area contributed by atoms with E-state index in [9.17, 15) is 18.0 Å². The van der Waals surface area contributed by atoms with Crippen molar-refractivity contribution in [2.24, 2.45) is 5.73 Å². The van der Waals surface area contributed by atoms with E-state index in [4.69, 9.17) is 5.73 Å². The van der Waals surface area contributed by atoms with Gasteiger partial charge >= 0.3 is 6.18 Å². The molecule has 0 heterocycles. The fourth-order valence-corrected chi connectivity index (χ4v) is 1.96. The number of hydrogen-bond acceptors (Lipinski definition) is 1. The molecule has 0 fully saturated rings. The predicted molar refractivity (Wildman–Crippen MR) is 64.8 cm³/mol. The Kier molecular flexibility index (Phi) is 4.60. The van der Waals surface area contributed by atoms with Crippen molar-refractivity contribution in [1.82, 2.24) is 0 Å². The lowest BCUT2D eigenvalue weighted by atomic mass is 10.1. The maximum absolute atomic E-state index is 12.5. The summed E-state index contributed by atoms with van der Waals surface area (Å²) in [6.45, 7) is 0. The summed E-state index contributed by atoms with van der Waals surface area (Å²) >= 11 is 6.15. The minimum absolute atomic E-state index is 0.0971. The second-order valence-corrected chi connectivity index (χ2v) is 5.34. The third-order valence-corrected chi connectivity index (χ3v) is 3.63. The molecule has 0 aromatic heterocycles. The third kappa shape index (κ3) is 3.99. The molecule has 0 saturated carbocycles. The van der Waals surface area contributed by atoms with Crippen LogP contribution in [-0.2, 0) is 17.4 Å². The largest absolute Gasteiger partial charge is 0.416 e. The lowest BCUT2D eigenvalue weighted by Gasteiger charge is -2.12. The third-order valence-electron chi connectivity index (χ3n) is 2.08. The number of primary amides is 1. The molecule has 0 bridgehead atoms. The van der Waals surface area contributed by atoms with Crippen LogP contribution in [0.2, 0.25) is 0 Å². The number of carbonyl (C=O) groups is 1. The lowest BCUT2D eigenvalue weighted by molar-refractivity contribution is -0.137. The van der Waals surface area contributed by atoms with E-state index in [0.717, 1.165) is 12.1 Å². The standard InChI is InChI=1S/C10H8Br2F3NO/c11-7-2-1-6(10(13,14)15)3-5(7)4-8(12)9(16)17/h1-3,8H,4H2,(H2,16,17). The van der Waals surface area contributed by atoms with E-state index in [1.54, 1.807) is 0 Å². The Morgan fingerprint density at radius 3 is 2.47 bits per heavy atom. The van der Waals surface area contributed by atoms with Gasteiger partial charge in [0, 0.05) is 4.47 Å². The molecule has 17 heavy (non-hydrogen) atoms. The van der Waals surface area contributed by atoms with Crippen molar-refractivity contribution in [2.45, 2.75) is 17.4 Å². The van der Waals surface area contributed by atoms with Gasteiger partial charge in [0.1, 0.15) is 0 Å². The zero-order valence-electron chi connectivity index (χ0n) is 8.39. The van der Waals surface area contributed by atoms with Gasteiger partial charge in [-0.2, -0.15) is 13.2 Å². The van der Waals surface area contributed by atoms with E-state index >= 15 is 0 Å². The van der Waals surface area contributed by atoms with Crippen molar-refractivity contribution in [3.8, 4) is 0 Å². The molecular formula is C10H8Br2F3NO. The van der Waals surface area contributed by atoms with Crippen molar-refractivity contribution in [3.63, 3.8) is 0 Å². The first kappa shape index (κ1) is 14.5. The van der Waals surface area contributed by atoms with Gasteiger partial charge in [-0.05, 0) is 30.2 Å². The molecule has 1 amide bonds. The van der Waals surface area contributed by atoms with E-state index in [1.807, 2.05) is 0 Å². The maximum atomic E-state index is 12.5. The van der Waals surface area contributed by atoms with Crippen molar-refractivity contribution < 1.29 is 18.0 Å². The van der Waals surface area contributed by atoms with Crippen LogP contribution in [0.15, 0.2) is 22.7 Å². The molecule has 2 N–H and O–H groups in total. The Labute approximate surface area is 113 Å². The number of benzene rings is 1. The number of alkyl halides is 4. The summed E-state index contributed by atoms with van der Waals surface area (Å²) in [5.41, 5.74) is 4.66. The van der Waals surface area contributed by atoms with Gasteiger partial charge in [0.05, 0.1) is 10.4 Å². The monoisotopic (exact) mass is 373 g/mol. The molecule has 1 rings (SSSR count). The topological polar surface area (TPSA) is 43.1 Å². The van der Waals surface area contributed by atoms with Crippen LogP contribution in [0.1, 0.15) is 11.1 Å². The van der Waals surface area contributed by atoms with Gasteiger partial charge < -0.3 is 5.73 Å². The summed E-state index contributed by atoms with van der Waals surface area (Å²) in [5.74, 6) is -0.616. The van der Waals surface area contributed by atoms with Crippen molar-refractivity contribution in [2.75, 3.05) is 0 Å². The first-order chi connectivity index (χ1) is 7.71. The minimum atomic E-state index is -4.40. The molecule has 7 heteroatoms. The number of nitrogens with two attached hydrogens (primary N) is 1. The first-order valence-electron chi connectivity index (χ1n) is 4.51. The highest BCUT2D eigenvalue weighted by Gasteiger charge is 2.31. The maximum Gasteiger partial charge on any atom is 0.416 e. The lowest BCUT2D eigenvalue weighted by Crippen LogP contribution is -2.25. The van der Waals surface area contributed by atoms with Crippen molar-refractivity contribution in [3.05, 3.63) is 33.8 Å². The molecule has 1 unspecified atom stereocenters. The summed E-state index contributed by atoms with van der Waals surface area (Å²) in [7, 11) is 0. The van der Waals surface area contributed by atoms with Crippen molar-refractivity contribution >= 4 is 37.8 Å². The summed E-state index contributed by atoms with van der Waals surface area (Å²) < 4.78 is 37.9. The van der Waals surface area contributed by atoms with Gasteiger partial charge in [-0.15, -0.1) is 0 Å². The van der Waals surface area contributed by atoms with Gasteiger partial charge in [-0.1, -0.05) is 31.9 Å². The molecule has 0 aliphatic rings. The highest BCUT2D eigenvalue weighted by atomic mass is 79.9.